The number of carbonyl (C=O) groups is 1. The summed E-state index contributed by atoms with van der Waals surface area (Å²) in [6.45, 7) is 4.54. The number of rotatable bonds is 11. The highest BCUT2D eigenvalue weighted by molar-refractivity contribution is 5.84. The lowest BCUT2D eigenvalue weighted by atomic mass is 10.2. The Morgan fingerprint density at radius 3 is 2.57 bits per heavy atom. The van der Waals surface area contributed by atoms with Crippen LogP contribution in [0.25, 0.3) is 0 Å². The van der Waals surface area contributed by atoms with Crippen LogP contribution < -0.4 is 19.6 Å². The molecule has 6 heteroatoms. The first-order chi connectivity index (χ1) is 13.6. The summed E-state index contributed by atoms with van der Waals surface area (Å²) in [4.78, 5) is 12.1. The van der Waals surface area contributed by atoms with Crippen molar-refractivity contribution < 1.29 is 19.0 Å². The number of carbonyl (C=O) groups excluding carboxylic acids is 1. The van der Waals surface area contributed by atoms with Crippen LogP contribution in [0.4, 0.5) is 0 Å². The largest absolute Gasteiger partial charge is 0.497 e. The number of benzene rings is 2. The fraction of sp³-hybridized carbons (Fsp3) is 0.364. The minimum absolute atomic E-state index is 0.334. The maximum atomic E-state index is 12.1. The number of hydrogen-bond acceptors (Lipinski definition) is 5. The first kappa shape index (κ1) is 21.3. The molecule has 0 unspecified atom stereocenters. The van der Waals surface area contributed by atoms with Gasteiger partial charge in [0.15, 0.2) is 6.10 Å². The van der Waals surface area contributed by atoms with Gasteiger partial charge in [0.05, 0.1) is 19.9 Å². The second kappa shape index (κ2) is 11.6. The van der Waals surface area contributed by atoms with Gasteiger partial charge in [-0.3, -0.25) is 4.79 Å². The smallest absolute Gasteiger partial charge is 0.280 e. The number of amides is 1. The van der Waals surface area contributed by atoms with Gasteiger partial charge in [0.2, 0.25) is 0 Å². The summed E-state index contributed by atoms with van der Waals surface area (Å²) in [5, 5.41) is 3.96. The number of methoxy groups -OCH3 is 1. The minimum Gasteiger partial charge on any atom is -0.497 e. The standard InChI is InChI=1S/C22H28N2O4/c1-4-5-6-14-27-19-10-12-20(13-11-19)28-17(2)22(25)24-23-16-18-8-7-9-21(15-18)26-3/h7-13,15-17H,4-6,14H2,1-3H3,(H,24,25)/t17-/m0/s1. The summed E-state index contributed by atoms with van der Waals surface area (Å²) in [5.41, 5.74) is 3.30. The summed E-state index contributed by atoms with van der Waals surface area (Å²) in [6.07, 6.45) is 4.24. The van der Waals surface area contributed by atoms with E-state index >= 15 is 0 Å². The first-order valence-corrected chi connectivity index (χ1v) is 9.49. The number of hydrazone groups is 1. The van der Waals surface area contributed by atoms with Crippen LogP contribution >= 0.6 is 0 Å². The van der Waals surface area contributed by atoms with Crippen LogP contribution in [0.15, 0.2) is 53.6 Å². The van der Waals surface area contributed by atoms with Crippen LogP contribution in [0.5, 0.6) is 17.2 Å². The quantitative estimate of drug-likeness (QED) is 0.358. The molecule has 2 rings (SSSR count). The molecule has 1 atom stereocenters. The lowest BCUT2D eigenvalue weighted by Crippen LogP contribution is -2.33. The molecule has 0 aliphatic rings. The molecule has 2 aromatic carbocycles. The average molecular weight is 384 g/mol. The van der Waals surface area contributed by atoms with Gasteiger partial charge in [-0.05, 0) is 55.3 Å². The van der Waals surface area contributed by atoms with Crippen LogP contribution in [-0.2, 0) is 4.79 Å². The number of unbranched alkanes of at least 4 members (excludes halogenated alkanes) is 2. The van der Waals surface area contributed by atoms with Crippen molar-refractivity contribution in [3.63, 3.8) is 0 Å². The Kier molecular flexibility index (Phi) is 8.85. The molecule has 0 spiro atoms. The number of hydrogen-bond donors (Lipinski definition) is 1. The highest BCUT2D eigenvalue weighted by atomic mass is 16.5. The topological polar surface area (TPSA) is 69.2 Å². The second-order valence-corrected chi connectivity index (χ2v) is 6.30. The van der Waals surface area contributed by atoms with E-state index in [-0.39, 0.29) is 5.91 Å². The summed E-state index contributed by atoms with van der Waals surface area (Å²) in [7, 11) is 1.60. The van der Waals surface area contributed by atoms with E-state index in [1.54, 1.807) is 32.4 Å². The van der Waals surface area contributed by atoms with Gasteiger partial charge in [0.1, 0.15) is 17.2 Å². The van der Waals surface area contributed by atoms with Crippen molar-refractivity contribution in [1.29, 1.82) is 0 Å². The van der Waals surface area contributed by atoms with Gasteiger partial charge in [-0.15, -0.1) is 0 Å². The van der Waals surface area contributed by atoms with Gasteiger partial charge in [-0.2, -0.15) is 5.10 Å². The van der Waals surface area contributed by atoms with Crippen LogP contribution in [0.1, 0.15) is 38.7 Å². The average Bonchev–Trinajstić information content (AvgIpc) is 2.72. The Balaban J connectivity index is 1.78. The van der Waals surface area contributed by atoms with E-state index < -0.39 is 6.10 Å². The molecule has 0 radical (unpaired) electrons. The van der Waals surface area contributed by atoms with Crippen LogP contribution in [0.2, 0.25) is 0 Å². The molecule has 0 bridgehead atoms. The molecule has 0 heterocycles. The van der Waals surface area contributed by atoms with Crippen LogP contribution in [0, 0.1) is 0 Å². The Morgan fingerprint density at radius 2 is 1.86 bits per heavy atom. The predicted octanol–water partition coefficient (Wildman–Crippen LogP) is 4.18. The summed E-state index contributed by atoms with van der Waals surface area (Å²) in [5.74, 6) is 1.78. The molecule has 6 nitrogen and oxygen atoms in total. The molecule has 0 saturated heterocycles. The molecule has 150 valence electrons. The fourth-order valence-corrected chi connectivity index (χ4v) is 2.40. The van der Waals surface area contributed by atoms with Crippen molar-refractivity contribution in [2.45, 2.75) is 39.2 Å². The Morgan fingerprint density at radius 1 is 1.11 bits per heavy atom. The summed E-state index contributed by atoms with van der Waals surface area (Å²) in [6, 6.07) is 14.6. The highest BCUT2D eigenvalue weighted by Crippen LogP contribution is 2.19. The SMILES string of the molecule is CCCCCOc1ccc(O[C@@H](C)C(=O)NN=Cc2cccc(OC)c2)cc1. The third-order valence-electron chi connectivity index (χ3n) is 4.00. The number of ether oxygens (including phenoxy) is 3. The van der Waals surface area contributed by atoms with Crippen molar-refractivity contribution in [1.82, 2.24) is 5.43 Å². The third kappa shape index (κ3) is 7.31. The van der Waals surface area contributed by atoms with Crippen molar-refractivity contribution in [2.24, 2.45) is 5.10 Å². The maximum Gasteiger partial charge on any atom is 0.280 e. The Labute approximate surface area is 166 Å². The monoisotopic (exact) mass is 384 g/mol. The number of nitrogens with zero attached hydrogens (tertiary/aromatic N) is 1. The summed E-state index contributed by atoms with van der Waals surface area (Å²) < 4.78 is 16.5. The zero-order chi connectivity index (χ0) is 20.2. The van der Waals surface area contributed by atoms with Gasteiger partial charge in [0.25, 0.3) is 5.91 Å². The first-order valence-electron chi connectivity index (χ1n) is 9.49. The Bertz CT molecular complexity index is 759. The number of nitrogens with one attached hydrogen (secondary N) is 1. The van der Waals surface area contributed by atoms with E-state index in [4.69, 9.17) is 14.2 Å². The Hall–Kier alpha value is -3.02. The van der Waals surface area contributed by atoms with Gasteiger partial charge in [-0.25, -0.2) is 5.43 Å². The zero-order valence-corrected chi connectivity index (χ0v) is 16.7. The molecule has 1 amide bonds. The zero-order valence-electron chi connectivity index (χ0n) is 16.7. The summed E-state index contributed by atoms with van der Waals surface area (Å²) >= 11 is 0. The second-order valence-electron chi connectivity index (χ2n) is 6.30. The van der Waals surface area contributed by atoms with Crippen molar-refractivity contribution >= 4 is 12.1 Å². The molecule has 0 aliphatic carbocycles. The van der Waals surface area contributed by atoms with Crippen molar-refractivity contribution in [3.8, 4) is 17.2 Å². The fourth-order valence-electron chi connectivity index (χ4n) is 2.40. The van der Waals surface area contributed by atoms with E-state index in [2.05, 4.69) is 17.5 Å². The molecule has 1 N–H and O–H groups in total. The lowest BCUT2D eigenvalue weighted by molar-refractivity contribution is -0.127. The molecule has 0 fully saturated rings. The van der Waals surface area contributed by atoms with E-state index in [9.17, 15) is 4.79 Å². The molecule has 28 heavy (non-hydrogen) atoms. The van der Waals surface area contributed by atoms with E-state index in [1.807, 2.05) is 36.4 Å². The van der Waals surface area contributed by atoms with Crippen molar-refractivity contribution in [3.05, 3.63) is 54.1 Å². The van der Waals surface area contributed by atoms with Gasteiger partial charge < -0.3 is 14.2 Å². The normalized spacial score (nSPS) is 11.8. The van der Waals surface area contributed by atoms with Gasteiger partial charge in [-0.1, -0.05) is 31.9 Å². The molecule has 0 aliphatic heterocycles. The molecule has 0 saturated carbocycles. The lowest BCUT2D eigenvalue weighted by Gasteiger charge is -2.13. The highest BCUT2D eigenvalue weighted by Gasteiger charge is 2.13. The van der Waals surface area contributed by atoms with Crippen molar-refractivity contribution in [2.75, 3.05) is 13.7 Å². The van der Waals surface area contributed by atoms with E-state index in [0.29, 0.717) is 12.4 Å². The molecule has 2 aromatic rings. The minimum atomic E-state index is -0.682. The molecular weight excluding hydrogens is 356 g/mol. The molecule has 0 aromatic heterocycles. The van der Waals surface area contributed by atoms with Gasteiger partial charge >= 0.3 is 0 Å². The maximum absolute atomic E-state index is 12.1. The van der Waals surface area contributed by atoms with Crippen LogP contribution in [0.3, 0.4) is 0 Å². The van der Waals surface area contributed by atoms with E-state index in [0.717, 1.165) is 29.9 Å². The van der Waals surface area contributed by atoms with Gasteiger partial charge in [0, 0.05) is 0 Å². The van der Waals surface area contributed by atoms with Crippen LogP contribution in [-0.4, -0.2) is 31.9 Å². The predicted molar refractivity (Wildman–Crippen MR) is 110 cm³/mol. The van der Waals surface area contributed by atoms with E-state index in [1.165, 1.54) is 6.42 Å². The molecular formula is C22H28N2O4. The third-order valence-corrected chi connectivity index (χ3v) is 4.00.